The number of thiophene rings is 1. The minimum absolute atomic E-state index is 0.0250. The summed E-state index contributed by atoms with van der Waals surface area (Å²) in [5, 5.41) is 15.3. The van der Waals surface area contributed by atoms with Crippen molar-refractivity contribution in [3.8, 4) is 22.4 Å². The Balaban J connectivity index is 1.57. The van der Waals surface area contributed by atoms with Crippen LogP contribution in [-0.4, -0.2) is 23.5 Å². The number of amides is 1. The van der Waals surface area contributed by atoms with E-state index in [1.165, 1.54) is 4.88 Å². The van der Waals surface area contributed by atoms with E-state index in [2.05, 4.69) is 33.9 Å². The Hall–Kier alpha value is -2.69. The third-order valence-electron chi connectivity index (χ3n) is 4.33. The van der Waals surface area contributed by atoms with Gasteiger partial charge in [0, 0.05) is 16.8 Å². The van der Waals surface area contributed by atoms with E-state index in [9.17, 15) is 10.1 Å². The summed E-state index contributed by atoms with van der Waals surface area (Å²) < 4.78 is 5.89. The predicted molar refractivity (Wildman–Crippen MR) is 117 cm³/mol. The quantitative estimate of drug-likeness (QED) is 0.562. The number of aryl methyl sites for hydroxylation is 1. The van der Waals surface area contributed by atoms with Crippen LogP contribution in [0, 0.1) is 24.2 Å². The van der Waals surface area contributed by atoms with Crippen LogP contribution in [0.15, 0.2) is 41.8 Å². The number of carbonyl (C=O) groups is 1. The van der Waals surface area contributed by atoms with E-state index in [1.54, 1.807) is 46.9 Å². The number of rotatable bonds is 8. The minimum Gasteiger partial charge on any atom is -0.479 e. The van der Waals surface area contributed by atoms with Crippen molar-refractivity contribution in [3.63, 3.8) is 0 Å². The first-order valence-corrected chi connectivity index (χ1v) is 11.1. The highest BCUT2D eigenvalue weighted by atomic mass is 32.1. The van der Waals surface area contributed by atoms with Crippen LogP contribution in [0.1, 0.15) is 29.3 Å². The lowest BCUT2D eigenvalue weighted by molar-refractivity contribution is -0.129. The monoisotopic (exact) mass is 425 g/mol. The molecule has 0 saturated heterocycles. The zero-order valence-corrected chi connectivity index (χ0v) is 18.3. The van der Waals surface area contributed by atoms with Gasteiger partial charge in [0.25, 0.3) is 5.91 Å². The molecule has 0 spiro atoms. The molecule has 5 nitrogen and oxygen atoms in total. The number of hydrogen-bond donors (Lipinski definition) is 1. The van der Waals surface area contributed by atoms with Crippen LogP contribution in [0.5, 0.6) is 5.75 Å². The molecule has 29 heavy (non-hydrogen) atoms. The number of benzene rings is 1. The van der Waals surface area contributed by atoms with E-state index in [0.29, 0.717) is 17.9 Å². The van der Waals surface area contributed by atoms with Crippen molar-refractivity contribution in [3.05, 3.63) is 57.2 Å². The van der Waals surface area contributed by atoms with Gasteiger partial charge in [0.05, 0.1) is 21.1 Å². The second kappa shape index (κ2) is 9.68. The maximum absolute atomic E-state index is 12.7. The number of nitriles is 1. The smallest absolute Gasteiger partial charge is 0.261 e. The van der Waals surface area contributed by atoms with Crippen molar-refractivity contribution in [2.45, 2.75) is 33.3 Å². The highest BCUT2D eigenvalue weighted by Gasteiger charge is 2.25. The SMILES string of the molecule is Cc1nc(-c2ccc(CCNC(=O)C(Oc3ccccc3C#N)C(C)C)s2)cs1. The molecule has 3 rings (SSSR count). The van der Waals surface area contributed by atoms with Gasteiger partial charge in [-0.3, -0.25) is 4.79 Å². The second-order valence-corrected chi connectivity index (χ2v) is 9.18. The number of nitrogens with one attached hydrogen (secondary N) is 1. The molecule has 1 amide bonds. The molecule has 7 heteroatoms. The number of aromatic nitrogens is 1. The van der Waals surface area contributed by atoms with E-state index >= 15 is 0 Å². The fourth-order valence-corrected chi connectivity index (χ4v) is 4.48. The Morgan fingerprint density at radius 1 is 1.28 bits per heavy atom. The predicted octanol–water partition coefficient (Wildman–Crippen LogP) is 4.81. The van der Waals surface area contributed by atoms with Crippen molar-refractivity contribution in [1.82, 2.24) is 10.3 Å². The highest BCUT2D eigenvalue weighted by Crippen LogP contribution is 2.29. The first-order valence-electron chi connectivity index (χ1n) is 9.42. The van der Waals surface area contributed by atoms with Crippen LogP contribution in [0.25, 0.3) is 10.6 Å². The summed E-state index contributed by atoms with van der Waals surface area (Å²) >= 11 is 3.34. The average Bonchev–Trinajstić information content (AvgIpc) is 3.35. The second-order valence-electron chi connectivity index (χ2n) is 6.95. The lowest BCUT2D eigenvalue weighted by atomic mass is 10.1. The van der Waals surface area contributed by atoms with Gasteiger partial charge in [-0.2, -0.15) is 5.26 Å². The van der Waals surface area contributed by atoms with E-state index in [4.69, 9.17) is 4.74 Å². The number of nitrogens with zero attached hydrogens (tertiary/aromatic N) is 2. The topological polar surface area (TPSA) is 75.0 Å². The Bertz CT molecular complexity index is 1020. The number of ether oxygens (including phenoxy) is 1. The van der Waals surface area contributed by atoms with Gasteiger partial charge in [-0.25, -0.2) is 4.98 Å². The zero-order chi connectivity index (χ0) is 20.8. The first-order chi connectivity index (χ1) is 14.0. The van der Waals surface area contributed by atoms with Crippen LogP contribution in [0.2, 0.25) is 0 Å². The van der Waals surface area contributed by atoms with Crippen molar-refractivity contribution in [2.24, 2.45) is 5.92 Å². The number of para-hydroxylation sites is 1. The lowest BCUT2D eigenvalue weighted by Crippen LogP contribution is -2.42. The van der Waals surface area contributed by atoms with E-state index in [1.807, 2.05) is 20.8 Å². The number of thiazole rings is 1. The summed E-state index contributed by atoms with van der Waals surface area (Å²) in [6.45, 7) is 6.39. The van der Waals surface area contributed by atoms with E-state index < -0.39 is 6.10 Å². The molecule has 0 radical (unpaired) electrons. The number of hydrogen-bond acceptors (Lipinski definition) is 6. The molecule has 0 aliphatic carbocycles. The molecule has 1 atom stereocenters. The van der Waals surface area contributed by atoms with Crippen LogP contribution in [0.3, 0.4) is 0 Å². The van der Waals surface area contributed by atoms with Crippen LogP contribution in [-0.2, 0) is 11.2 Å². The molecule has 1 unspecified atom stereocenters. The third kappa shape index (κ3) is 5.43. The molecule has 0 saturated carbocycles. The van der Waals surface area contributed by atoms with Crippen LogP contribution < -0.4 is 10.1 Å². The summed E-state index contributed by atoms with van der Waals surface area (Å²) in [7, 11) is 0. The summed E-state index contributed by atoms with van der Waals surface area (Å²) in [4.78, 5) is 19.5. The van der Waals surface area contributed by atoms with Crippen LogP contribution >= 0.6 is 22.7 Å². The summed E-state index contributed by atoms with van der Waals surface area (Å²) in [6, 6.07) is 13.2. The Kier molecular flexibility index (Phi) is 7.02. The summed E-state index contributed by atoms with van der Waals surface area (Å²) in [5.41, 5.74) is 1.44. The maximum Gasteiger partial charge on any atom is 0.261 e. The normalized spacial score (nSPS) is 11.8. The Morgan fingerprint density at radius 2 is 2.07 bits per heavy atom. The molecule has 0 fully saturated rings. The van der Waals surface area contributed by atoms with Crippen molar-refractivity contribution in [2.75, 3.05) is 6.54 Å². The number of carbonyl (C=O) groups excluding carboxylic acids is 1. The molecular weight excluding hydrogens is 402 g/mol. The van der Waals surface area contributed by atoms with E-state index in [0.717, 1.165) is 22.0 Å². The molecule has 150 valence electrons. The molecule has 3 aromatic rings. The summed E-state index contributed by atoms with van der Waals surface area (Å²) in [6.07, 6.45) is 0.0976. The maximum atomic E-state index is 12.7. The molecule has 0 aliphatic rings. The molecule has 1 N–H and O–H groups in total. The standard InChI is InChI=1S/C22H23N3O2S2/c1-14(2)21(27-19-7-5-4-6-16(19)12-23)22(26)24-11-10-17-8-9-20(29-17)18-13-28-15(3)25-18/h4-9,13-14,21H,10-11H2,1-3H3,(H,24,26). The minimum atomic E-state index is -0.652. The molecule has 0 aliphatic heterocycles. The molecule has 1 aromatic carbocycles. The Morgan fingerprint density at radius 3 is 2.76 bits per heavy atom. The van der Waals surface area contributed by atoms with Gasteiger partial charge in [0.1, 0.15) is 11.8 Å². The van der Waals surface area contributed by atoms with Crippen molar-refractivity contribution in [1.29, 1.82) is 5.26 Å². The first kappa shape index (κ1) is 21.0. The third-order valence-corrected chi connectivity index (χ3v) is 6.27. The lowest BCUT2D eigenvalue weighted by Gasteiger charge is -2.22. The van der Waals surface area contributed by atoms with Crippen molar-refractivity contribution < 1.29 is 9.53 Å². The van der Waals surface area contributed by atoms with Gasteiger partial charge in [0.15, 0.2) is 6.10 Å². The van der Waals surface area contributed by atoms with Gasteiger partial charge >= 0.3 is 0 Å². The fraction of sp³-hybridized carbons (Fsp3) is 0.318. The van der Waals surface area contributed by atoms with Gasteiger partial charge in [-0.05, 0) is 43.5 Å². The molecular formula is C22H23N3O2S2. The molecule has 2 heterocycles. The Labute approximate surface area is 179 Å². The fourth-order valence-electron chi connectivity index (χ4n) is 2.83. The average molecular weight is 426 g/mol. The van der Waals surface area contributed by atoms with Gasteiger partial charge in [-0.1, -0.05) is 26.0 Å². The van der Waals surface area contributed by atoms with Gasteiger partial charge in [-0.15, -0.1) is 22.7 Å². The van der Waals surface area contributed by atoms with Crippen molar-refractivity contribution >= 4 is 28.6 Å². The van der Waals surface area contributed by atoms with Gasteiger partial charge < -0.3 is 10.1 Å². The molecule has 0 bridgehead atoms. The largest absolute Gasteiger partial charge is 0.479 e. The van der Waals surface area contributed by atoms with Crippen LogP contribution in [0.4, 0.5) is 0 Å². The molecule has 2 aromatic heterocycles. The highest BCUT2D eigenvalue weighted by molar-refractivity contribution is 7.16. The van der Waals surface area contributed by atoms with E-state index in [-0.39, 0.29) is 11.8 Å². The zero-order valence-electron chi connectivity index (χ0n) is 16.6. The van der Waals surface area contributed by atoms with Gasteiger partial charge in [0.2, 0.25) is 0 Å². The summed E-state index contributed by atoms with van der Waals surface area (Å²) in [5.74, 6) is 0.243.